The highest BCUT2D eigenvalue weighted by atomic mass is 19.1. The van der Waals surface area contributed by atoms with E-state index in [1.54, 1.807) is 24.5 Å². The second-order valence-electron chi connectivity index (χ2n) is 7.58. The van der Waals surface area contributed by atoms with Gasteiger partial charge in [-0.05, 0) is 55.3 Å². The zero-order valence-electron chi connectivity index (χ0n) is 17.9. The second-order valence-corrected chi connectivity index (χ2v) is 7.58. The first-order valence-electron chi connectivity index (χ1n) is 10.5. The van der Waals surface area contributed by atoms with Crippen LogP contribution in [0, 0.1) is 5.82 Å². The molecule has 8 heteroatoms. The van der Waals surface area contributed by atoms with Crippen LogP contribution in [-0.2, 0) is 11.3 Å². The Morgan fingerprint density at radius 3 is 2.76 bits per heavy atom. The Bertz CT molecular complexity index is 1200. The molecule has 3 heterocycles. The number of aromatic nitrogens is 2. The molecule has 0 radical (unpaired) electrons. The van der Waals surface area contributed by atoms with Crippen molar-refractivity contribution < 1.29 is 22.7 Å². The minimum Gasteiger partial charge on any atom is -0.449 e. The first-order valence-corrected chi connectivity index (χ1v) is 10.5. The average molecular weight is 451 g/mol. The highest BCUT2D eigenvalue weighted by Gasteiger charge is 2.24. The topological polar surface area (TPSA) is 69.3 Å². The summed E-state index contributed by atoms with van der Waals surface area (Å²) in [4.78, 5) is 17.1. The Labute approximate surface area is 189 Å². The number of imidazole rings is 1. The van der Waals surface area contributed by atoms with Crippen molar-refractivity contribution in [3.63, 3.8) is 0 Å². The third-order valence-corrected chi connectivity index (χ3v) is 5.26. The zero-order valence-corrected chi connectivity index (χ0v) is 17.9. The van der Waals surface area contributed by atoms with Gasteiger partial charge < -0.3 is 19.0 Å². The molecule has 3 aromatic rings. The molecule has 1 aliphatic rings. The van der Waals surface area contributed by atoms with Crippen molar-refractivity contribution in [3.8, 4) is 22.7 Å². The van der Waals surface area contributed by atoms with E-state index in [4.69, 9.17) is 9.15 Å². The molecule has 0 saturated carbocycles. The molecule has 1 amide bonds. The monoisotopic (exact) mass is 451 g/mol. The van der Waals surface area contributed by atoms with Gasteiger partial charge in [0.25, 0.3) is 5.91 Å². The smallest absolute Gasteiger partial charge is 0.291 e. The van der Waals surface area contributed by atoms with Crippen LogP contribution in [0.15, 0.2) is 84.0 Å². The maximum absolute atomic E-state index is 13.8. The molecule has 1 unspecified atom stereocenters. The van der Waals surface area contributed by atoms with Crippen LogP contribution in [-0.4, -0.2) is 28.2 Å². The Balaban J connectivity index is 1.66. The third-order valence-electron chi connectivity index (χ3n) is 5.26. The Kier molecular flexibility index (Phi) is 6.65. The van der Waals surface area contributed by atoms with Crippen molar-refractivity contribution >= 4 is 5.91 Å². The molecule has 1 atom stereocenters. The van der Waals surface area contributed by atoms with Crippen LogP contribution in [0.2, 0.25) is 0 Å². The quantitative estimate of drug-likeness (QED) is 0.465. The summed E-state index contributed by atoms with van der Waals surface area (Å²) >= 11 is 0. The van der Waals surface area contributed by atoms with Crippen molar-refractivity contribution in [2.75, 3.05) is 6.61 Å². The van der Waals surface area contributed by atoms with Gasteiger partial charge in [-0.3, -0.25) is 4.79 Å². The number of allylic oxidation sites excluding steroid dienone is 3. The summed E-state index contributed by atoms with van der Waals surface area (Å²) in [6.45, 7) is 8.18. The van der Waals surface area contributed by atoms with Crippen LogP contribution in [0.4, 0.5) is 8.78 Å². The van der Waals surface area contributed by atoms with Crippen LogP contribution >= 0.6 is 0 Å². The fraction of sp³-hybridized carbons (Fsp3) is 0.200. The van der Waals surface area contributed by atoms with E-state index >= 15 is 0 Å². The molecule has 33 heavy (non-hydrogen) atoms. The number of carbonyl (C=O) groups excluding carboxylic acids is 1. The first-order chi connectivity index (χ1) is 16.0. The van der Waals surface area contributed by atoms with Gasteiger partial charge in [0, 0.05) is 12.2 Å². The molecule has 0 aliphatic carbocycles. The van der Waals surface area contributed by atoms with Gasteiger partial charge >= 0.3 is 0 Å². The van der Waals surface area contributed by atoms with Gasteiger partial charge in [0.1, 0.15) is 17.3 Å². The summed E-state index contributed by atoms with van der Waals surface area (Å²) in [6.07, 6.45) is 5.99. The lowest BCUT2D eigenvalue weighted by Crippen LogP contribution is -2.22. The SMILES string of the molecule is C=C/C=C(/F)C(=C)NC(=O)c1ccc(-c2c(-c3ccc(F)cc3)ncn2CC2CCCO2)o1. The third kappa shape index (κ3) is 5.01. The van der Waals surface area contributed by atoms with E-state index in [0.29, 0.717) is 35.9 Å². The maximum Gasteiger partial charge on any atom is 0.291 e. The second kappa shape index (κ2) is 9.79. The van der Waals surface area contributed by atoms with Gasteiger partial charge in [0.15, 0.2) is 11.5 Å². The normalized spacial score (nSPS) is 16.1. The molecular formula is C25H23F2N3O3. The highest BCUT2D eigenvalue weighted by Crippen LogP contribution is 2.33. The minimum absolute atomic E-state index is 0.0209. The van der Waals surface area contributed by atoms with E-state index in [2.05, 4.69) is 23.5 Å². The molecule has 2 aromatic heterocycles. The van der Waals surface area contributed by atoms with Crippen molar-refractivity contribution in [3.05, 3.63) is 91.1 Å². The van der Waals surface area contributed by atoms with Crippen LogP contribution in [0.5, 0.6) is 0 Å². The van der Waals surface area contributed by atoms with Crippen LogP contribution in [0.1, 0.15) is 23.4 Å². The summed E-state index contributed by atoms with van der Waals surface area (Å²) in [7, 11) is 0. The summed E-state index contributed by atoms with van der Waals surface area (Å²) in [5, 5.41) is 2.36. The van der Waals surface area contributed by atoms with Gasteiger partial charge in [0.2, 0.25) is 0 Å². The molecule has 1 N–H and O–H groups in total. The van der Waals surface area contributed by atoms with Crippen molar-refractivity contribution in [2.45, 2.75) is 25.5 Å². The van der Waals surface area contributed by atoms with E-state index in [1.165, 1.54) is 24.3 Å². The van der Waals surface area contributed by atoms with E-state index in [0.717, 1.165) is 18.9 Å². The number of carbonyl (C=O) groups is 1. The number of nitrogens with zero attached hydrogens (tertiary/aromatic N) is 2. The Morgan fingerprint density at radius 2 is 2.06 bits per heavy atom. The molecule has 1 aliphatic heterocycles. The lowest BCUT2D eigenvalue weighted by Gasteiger charge is -2.13. The van der Waals surface area contributed by atoms with E-state index in [1.807, 2.05) is 4.57 Å². The molecule has 0 spiro atoms. The van der Waals surface area contributed by atoms with Gasteiger partial charge in [-0.1, -0.05) is 19.2 Å². The van der Waals surface area contributed by atoms with Crippen molar-refractivity contribution in [1.29, 1.82) is 0 Å². The summed E-state index contributed by atoms with van der Waals surface area (Å²) in [6, 6.07) is 9.11. The van der Waals surface area contributed by atoms with Crippen LogP contribution < -0.4 is 5.32 Å². The average Bonchev–Trinajstić information content (AvgIpc) is 3.56. The maximum atomic E-state index is 13.8. The predicted octanol–water partition coefficient (Wildman–Crippen LogP) is 5.41. The van der Waals surface area contributed by atoms with Gasteiger partial charge in [-0.2, -0.15) is 0 Å². The number of benzene rings is 1. The lowest BCUT2D eigenvalue weighted by atomic mass is 10.1. The summed E-state index contributed by atoms with van der Waals surface area (Å²) in [5.74, 6) is -1.34. The molecule has 170 valence electrons. The standard InChI is InChI=1S/C25H23F2N3O3/c1-3-5-20(27)16(2)29-25(31)22-12-11-21(33-22)24-23(17-7-9-18(26)10-8-17)28-15-30(24)14-19-6-4-13-32-19/h3,5,7-12,15,19H,1-2,4,6,13-14H2,(H,29,31)/b20-5+. The molecule has 1 fully saturated rings. The fourth-order valence-electron chi connectivity index (χ4n) is 3.66. The number of halogens is 2. The van der Waals surface area contributed by atoms with Gasteiger partial charge in [0.05, 0.1) is 30.4 Å². The number of nitrogens with one attached hydrogen (secondary N) is 1. The lowest BCUT2D eigenvalue weighted by molar-refractivity contribution is 0.0936. The number of hydrogen-bond donors (Lipinski definition) is 1. The largest absolute Gasteiger partial charge is 0.449 e. The van der Waals surface area contributed by atoms with Gasteiger partial charge in [-0.25, -0.2) is 13.8 Å². The van der Waals surface area contributed by atoms with Crippen molar-refractivity contribution in [2.24, 2.45) is 0 Å². The zero-order chi connectivity index (χ0) is 23.4. The van der Waals surface area contributed by atoms with Gasteiger partial charge in [-0.15, -0.1) is 0 Å². The predicted molar refractivity (Wildman–Crippen MR) is 120 cm³/mol. The molecule has 4 rings (SSSR count). The first kappa shape index (κ1) is 22.4. The van der Waals surface area contributed by atoms with Crippen LogP contribution in [0.25, 0.3) is 22.7 Å². The highest BCUT2D eigenvalue weighted by molar-refractivity contribution is 5.93. The van der Waals surface area contributed by atoms with E-state index in [9.17, 15) is 13.6 Å². The number of amides is 1. The number of rotatable bonds is 8. The molecule has 1 aromatic carbocycles. The minimum atomic E-state index is -0.710. The number of ether oxygens (including phenoxy) is 1. The molecule has 1 saturated heterocycles. The van der Waals surface area contributed by atoms with E-state index in [-0.39, 0.29) is 23.4 Å². The summed E-state index contributed by atoms with van der Waals surface area (Å²) in [5.41, 5.74) is 1.71. The molecule has 0 bridgehead atoms. The fourth-order valence-corrected chi connectivity index (χ4v) is 3.66. The molecule has 6 nitrogen and oxygen atoms in total. The number of furan rings is 1. The molecular weight excluding hydrogens is 428 g/mol. The van der Waals surface area contributed by atoms with Crippen LogP contribution in [0.3, 0.4) is 0 Å². The van der Waals surface area contributed by atoms with Crippen molar-refractivity contribution in [1.82, 2.24) is 14.9 Å². The Hall–Kier alpha value is -3.78. The van der Waals surface area contributed by atoms with E-state index < -0.39 is 11.7 Å². The number of hydrogen-bond acceptors (Lipinski definition) is 4. The summed E-state index contributed by atoms with van der Waals surface area (Å²) < 4.78 is 40.8. The Morgan fingerprint density at radius 1 is 1.27 bits per heavy atom.